The number of carbonyl (C=O) groups excluding carboxylic acids is 1. The first-order valence-electron chi connectivity index (χ1n) is 7.85. The molecule has 2 N–H and O–H groups in total. The number of hydrogen-bond acceptors (Lipinski definition) is 3. The van der Waals surface area contributed by atoms with Gasteiger partial charge < -0.3 is 15.4 Å². The summed E-state index contributed by atoms with van der Waals surface area (Å²) in [6, 6.07) is 8.76. The molecule has 1 aliphatic heterocycles. The van der Waals surface area contributed by atoms with Crippen molar-refractivity contribution in [1.82, 2.24) is 10.6 Å². The Morgan fingerprint density at radius 3 is 2.76 bits per heavy atom. The van der Waals surface area contributed by atoms with Gasteiger partial charge >= 0.3 is 0 Å². The number of aryl methyl sites for hydroxylation is 1. The average Bonchev–Trinajstić information content (AvgIpc) is 2.52. The Kier molecular flexibility index (Phi) is 6.21. The van der Waals surface area contributed by atoms with Crippen LogP contribution in [0.25, 0.3) is 0 Å². The highest BCUT2D eigenvalue weighted by Gasteiger charge is 2.20. The maximum atomic E-state index is 11.9. The van der Waals surface area contributed by atoms with Gasteiger partial charge in [-0.05, 0) is 29.9 Å². The highest BCUT2D eigenvalue weighted by molar-refractivity contribution is 5.81. The van der Waals surface area contributed by atoms with E-state index in [0.29, 0.717) is 25.6 Å². The van der Waals surface area contributed by atoms with Crippen LogP contribution in [0.4, 0.5) is 0 Å². The maximum absolute atomic E-state index is 11.9. The van der Waals surface area contributed by atoms with E-state index in [1.807, 2.05) is 0 Å². The van der Waals surface area contributed by atoms with Gasteiger partial charge in [0, 0.05) is 19.6 Å². The molecule has 0 aromatic heterocycles. The zero-order chi connectivity index (χ0) is 15.1. The van der Waals surface area contributed by atoms with Crippen molar-refractivity contribution >= 4 is 5.91 Å². The average molecular weight is 290 g/mol. The van der Waals surface area contributed by atoms with Crippen LogP contribution < -0.4 is 10.6 Å². The second-order valence-corrected chi connectivity index (χ2v) is 5.85. The Bertz CT molecular complexity index is 437. The Morgan fingerprint density at radius 1 is 1.38 bits per heavy atom. The summed E-state index contributed by atoms with van der Waals surface area (Å²) in [6.07, 6.45) is 1.61. The molecule has 1 heterocycles. The molecular formula is C17H26N2O2. The largest absolute Gasteiger partial charge is 0.366 e. The number of benzene rings is 1. The first-order valence-corrected chi connectivity index (χ1v) is 7.85. The van der Waals surface area contributed by atoms with Gasteiger partial charge in [-0.15, -0.1) is 0 Å². The van der Waals surface area contributed by atoms with Crippen LogP contribution >= 0.6 is 0 Å². The first-order chi connectivity index (χ1) is 10.2. The molecule has 0 saturated carbocycles. The molecule has 0 radical (unpaired) electrons. The second kappa shape index (κ2) is 8.15. The van der Waals surface area contributed by atoms with Crippen LogP contribution in [-0.2, 0) is 16.0 Å². The number of rotatable bonds is 6. The summed E-state index contributed by atoms with van der Waals surface area (Å²) >= 11 is 0. The highest BCUT2D eigenvalue weighted by atomic mass is 16.5. The first kappa shape index (κ1) is 16.0. The van der Waals surface area contributed by atoms with Crippen molar-refractivity contribution in [1.29, 1.82) is 0 Å². The lowest BCUT2D eigenvalue weighted by Gasteiger charge is -2.22. The zero-order valence-electron chi connectivity index (χ0n) is 13.0. The van der Waals surface area contributed by atoms with E-state index < -0.39 is 0 Å². The minimum atomic E-state index is -0.330. The second-order valence-electron chi connectivity index (χ2n) is 5.85. The standard InChI is InChI=1S/C17H26N2O2/c1-13(2)15-7-5-14(6-8-15)4-3-9-19-17(20)16-12-18-10-11-21-16/h5-8,13,16,18H,3-4,9-12H2,1-2H3,(H,19,20). The fourth-order valence-corrected chi connectivity index (χ4v) is 2.42. The maximum Gasteiger partial charge on any atom is 0.250 e. The summed E-state index contributed by atoms with van der Waals surface area (Å²) in [5, 5.41) is 6.11. The quantitative estimate of drug-likeness (QED) is 0.786. The van der Waals surface area contributed by atoms with E-state index >= 15 is 0 Å². The molecule has 1 amide bonds. The molecule has 1 atom stereocenters. The Hall–Kier alpha value is -1.39. The summed E-state index contributed by atoms with van der Waals surface area (Å²) in [5.74, 6) is 0.569. The van der Waals surface area contributed by atoms with Gasteiger partial charge in [0.25, 0.3) is 0 Å². The smallest absolute Gasteiger partial charge is 0.250 e. The van der Waals surface area contributed by atoms with Gasteiger partial charge in [-0.3, -0.25) is 4.79 Å². The van der Waals surface area contributed by atoms with Crippen LogP contribution in [0, 0.1) is 0 Å². The molecule has 0 spiro atoms. The predicted octanol–water partition coefficient (Wildman–Crippen LogP) is 1.85. The van der Waals surface area contributed by atoms with Gasteiger partial charge in [0.2, 0.25) is 5.91 Å². The summed E-state index contributed by atoms with van der Waals surface area (Å²) in [5.41, 5.74) is 2.69. The topological polar surface area (TPSA) is 50.4 Å². The van der Waals surface area contributed by atoms with E-state index in [4.69, 9.17) is 4.74 Å². The van der Waals surface area contributed by atoms with Gasteiger partial charge in [-0.1, -0.05) is 38.1 Å². The van der Waals surface area contributed by atoms with Crippen molar-refractivity contribution in [2.75, 3.05) is 26.2 Å². The van der Waals surface area contributed by atoms with Crippen molar-refractivity contribution in [3.05, 3.63) is 35.4 Å². The Balaban J connectivity index is 1.66. The Morgan fingerprint density at radius 2 is 2.14 bits per heavy atom. The fourth-order valence-electron chi connectivity index (χ4n) is 2.42. The minimum Gasteiger partial charge on any atom is -0.366 e. The molecule has 2 rings (SSSR count). The van der Waals surface area contributed by atoms with Crippen molar-refractivity contribution in [2.24, 2.45) is 0 Å². The van der Waals surface area contributed by atoms with E-state index in [1.54, 1.807) is 0 Å². The van der Waals surface area contributed by atoms with Gasteiger partial charge in [0.05, 0.1) is 6.61 Å². The highest BCUT2D eigenvalue weighted by Crippen LogP contribution is 2.15. The van der Waals surface area contributed by atoms with Gasteiger partial charge in [0.1, 0.15) is 6.10 Å². The van der Waals surface area contributed by atoms with Crippen LogP contribution in [0.1, 0.15) is 37.3 Å². The molecule has 1 aromatic rings. The molecule has 0 aliphatic carbocycles. The minimum absolute atomic E-state index is 0.00245. The Labute approximate surface area is 127 Å². The number of amides is 1. The number of nitrogens with one attached hydrogen (secondary N) is 2. The third-order valence-electron chi connectivity index (χ3n) is 3.81. The molecule has 0 bridgehead atoms. The van der Waals surface area contributed by atoms with E-state index in [9.17, 15) is 4.79 Å². The molecule has 4 heteroatoms. The zero-order valence-corrected chi connectivity index (χ0v) is 13.0. The third-order valence-corrected chi connectivity index (χ3v) is 3.81. The molecule has 1 unspecified atom stereocenters. The van der Waals surface area contributed by atoms with Crippen LogP contribution in [0.3, 0.4) is 0 Å². The van der Waals surface area contributed by atoms with Crippen molar-refractivity contribution < 1.29 is 9.53 Å². The van der Waals surface area contributed by atoms with E-state index in [2.05, 4.69) is 48.7 Å². The van der Waals surface area contributed by atoms with Crippen molar-refractivity contribution in [2.45, 2.75) is 38.7 Å². The third kappa shape index (κ3) is 5.14. The summed E-state index contributed by atoms with van der Waals surface area (Å²) < 4.78 is 5.42. The number of ether oxygens (including phenoxy) is 1. The number of hydrogen-bond donors (Lipinski definition) is 2. The fraction of sp³-hybridized carbons (Fsp3) is 0.588. The molecule has 1 fully saturated rings. The molecule has 4 nitrogen and oxygen atoms in total. The van der Waals surface area contributed by atoms with E-state index in [1.165, 1.54) is 11.1 Å². The van der Waals surface area contributed by atoms with Gasteiger partial charge in [0.15, 0.2) is 0 Å². The molecule has 1 aromatic carbocycles. The molecule has 1 aliphatic rings. The van der Waals surface area contributed by atoms with E-state index in [0.717, 1.165) is 19.4 Å². The molecule has 1 saturated heterocycles. The van der Waals surface area contributed by atoms with Crippen LogP contribution in [0.15, 0.2) is 24.3 Å². The molecule has 116 valence electrons. The van der Waals surface area contributed by atoms with Crippen LogP contribution in [-0.4, -0.2) is 38.3 Å². The normalized spacial score (nSPS) is 18.7. The lowest BCUT2D eigenvalue weighted by Crippen LogP contribution is -2.48. The molecule has 21 heavy (non-hydrogen) atoms. The van der Waals surface area contributed by atoms with Gasteiger partial charge in [-0.2, -0.15) is 0 Å². The summed E-state index contributed by atoms with van der Waals surface area (Å²) in [7, 11) is 0. The number of carbonyl (C=O) groups is 1. The van der Waals surface area contributed by atoms with E-state index in [-0.39, 0.29) is 12.0 Å². The van der Waals surface area contributed by atoms with Crippen molar-refractivity contribution in [3.63, 3.8) is 0 Å². The molecular weight excluding hydrogens is 264 g/mol. The predicted molar refractivity (Wildman–Crippen MR) is 84.5 cm³/mol. The summed E-state index contributed by atoms with van der Waals surface area (Å²) in [6.45, 7) is 7.16. The number of morpholine rings is 1. The lowest BCUT2D eigenvalue weighted by molar-refractivity contribution is -0.134. The SMILES string of the molecule is CC(C)c1ccc(CCCNC(=O)C2CNCCO2)cc1. The lowest BCUT2D eigenvalue weighted by atomic mass is 10.0. The van der Waals surface area contributed by atoms with Crippen LogP contribution in [0.2, 0.25) is 0 Å². The van der Waals surface area contributed by atoms with Gasteiger partial charge in [-0.25, -0.2) is 0 Å². The van der Waals surface area contributed by atoms with Crippen molar-refractivity contribution in [3.8, 4) is 0 Å². The monoisotopic (exact) mass is 290 g/mol. The summed E-state index contributed by atoms with van der Waals surface area (Å²) in [4.78, 5) is 11.9. The van der Waals surface area contributed by atoms with Crippen LogP contribution in [0.5, 0.6) is 0 Å².